The molecule has 0 aromatic heterocycles. The highest BCUT2D eigenvalue weighted by Gasteiger charge is 2.07. The van der Waals surface area contributed by atoms with Crippen molar-refractivity contribution in [2.24, 2.45) is 5.16 Å². The molecule has 2 aromatic rings. The van der Waals surface area contributed by atoms with Crippen LogP contribution in [-0.2, 0) is 4.84 Å². The van der Waals surface area contributed by atoms with E-state index in [1.807, 2.05) is 63.3 Å². The second kappa shape index (κ2) is 13.0. The molecule has 0 aliphatic rings. The lowest BCUT2D eigenvalue weighted by Gasteiger charge is -2.14. The quantitative estimate of drug-likeness (QED) is 0.158. The summed E-state index contributed by atoms with van der Waals surface area (Å²) in [7, 11) is 1.52. The summed E-state index contributed by atoms with van der Waals surface area (Å²) in [6.45, 7) is 7.94. The molecule has 0 fully saturated rings. The zero-order chi connectivity index (χ0) is 21.8. The Hall–Kier alpha value is -2.47. The van der Waals surface area contributed by atoms with Crippen molar-refractivity contribution >= 4 is 22.1 Å². The fraction of sp³-hybridized carbons (Fsp3) is 0.375. The molecule has 0 N–H and O–H groups in total. The van der Waals surface area contributed by atoms with Crippen molar-refractivity contribution in [1.82, 2.24) is 0 Å². The van der Waals surface area contributed by atoms with Crippen molar-refractivity contribution in [3.8, 4) is 17.2 Å². The molecular formula is C24H30BrNO4. The van der Waals surface area contributed by atoms with E-state index in [-0.39, 0.29) is 0 Å². The van der Waals surface area contributed by atoms with Crippen LogP contribution >= 0.6 is 15.9 Å². The number of rotatable bonds is 12. The molecule has 0 radical (unpaired) electrons. The third-order valence-electron chi connectivity index (χ3n) is 4.32. The first-order valence-corrected chi connectivity index (χ1v) is 10.8. The normalized spacial score (nSPS) is 11.2. The first kappa shape index (κ1) is 23.8. The average Bonchev–Trinajstić information content (AvgIpc) is 2.72. The number of benzene rings is 2. The van der Waals surface area contributed by atoms with Gasteiger partial charge in [0.2, 0.25) is 0 Å². The minimum absolute atomic E-state index is 0.579. The van der Waals surface area contributed by atoms with E-state index in [1.165, 1.54) is 7.11 Å². The number of allylic oxidation sites excluding steroid dienone is 1. The van der Waals surface area contributed by atoms with E-state index in [0.29, 0.717) is 19.8 Å². The monoisotopic (exact) mass is 475 g/mol. The molecule has 5 nitrogen and oxygen atoms in total. The van der Waals surface area contributed by atoms with Gasteiger partial charge in [-0.3, -0.25) is 0 Å². The van der Waals surface area contributed by atoms with Gasteiger partial charge in [0.15, 0.2) is 0 Å². The average molecular weight is 476 g/mol. The van der Waals surface area contributed by atoms with Crippen LogP contribution in [0.2, 0.25) is 0 Å². The van der Waals surface area contributed by atoms with Gasteiger partial charge in [0.05, 0.1) is 23.9 Å². The highest BCUT2D eigenvalue weighted by atomic mass is 79.9. The zero-order valence-corrected chi connectivity index (χ0v) is 19.7. The summed E-state index contributed by atoms with van der Waals surface area (Å²) in [5, 5.41) is 3.76. The van der Waals surface area contributed by atoms with Crippen molar-refractivity contribution in [3.05, 3.63) is 63.6 Å². The molecule has 2 rings (SSSR count). The highest BCUT2D eigenvalue weighted by Crippen LogP contribution is 2.29. The second-order valence-corrected chi connectivity index (χ2v) is 7.63. The molecule has 0 heterocycles. The standard InChI is InChI=1S/C24H30BrNO4/c1-5-6-11-28-21-14-18(2)24(19(3)15-21)30-13-8-7-12-29-23-10-9-20(16-22(23)25)17-26-27-4/h5-6,9-10,14-17H,7-8,11-13H2,1-4H3/b6-5+,26-17?. The van der Waals surface area contributed by atoms with E-state index in [2.05, 4.69) is 21.1 Å². The van der Waals surface area contributed by atoms with Gasteiger partial charge < -0.3 is 19.0 Å². The Bertz CT molecular complexity index is 841. The van der Waals surface area contributed by atoms with Gasteiger partial charge in [0, 0.05) is 0 Å². The Morgan fingerprint density at radius 2 is 1.67 bits per heavy atom. The highest BCUT2D eigenvalue weighted by molar-refractivity contribution is 9.10. The number of hydrogen-bond donors (Lipinski definition) is 0. The van der Waals surface area contributed by atoms with Crippen LogP contribution in [0.4, 0.5) is 0 Å². The van der Waals surface area contributed by atoms with Crippen LogP contribution in [-0.4, -0.2) is 33.1 Å². The van der Waals surface area contributed by atoms with E-state index in [4.69, 9.17) is 19.0 Å². The van der Waals surface area contributed by atoms with Crippen LogP contribution in [0, 0.1) is 13.8 Å². The molecule has 2 aromatic carbocycles. The number of oxime groups is 1. The summed E-state index contributed by atoms with van der Waals surface area (Å²) in [6, 6.07) is 9.84. The number of nitrogens with zero attached hydrogens (tertiary/aromatic N) is 1. The first-order chi connectivity index (χ1) is 14.5. The number of ether oxygens (including phenoxy) is 3. The molecule has 0 saturated heterocycles. The summed E-state index contributed by atoms with van der Waals surface area (Å²) in [4.78, 5) is 4.69. The molecule has 30 heavy (non-hydrogen) atoms. The number of aryl methyl sites for hydroxylation is 2. The van der Waals surface area contributed by atoms with Crippen LogP contribution in [0.15, 0.2) is 52.1 Å². The molecule has 0 amide bonds. The van der Waals surface area contributed by atoms with Crippen molar-refractivity contribution in [3.63, 3.8) is 0 Å². The summed E-state index contributed by atoms with van der Waals surface area (Å²) in [5.74, 6) is 2.62. The zero-order valence-electron chi connectivity index (χ0n) is 18.1. The first-order valence-electron chi connectivity index (χ1n) is 10.0. The summed E-state index contributed by atoms with van der Waals surface area (Å²) in [5.41, 5.74) is 3.11. The Balaban J connectivity index is 1.74. The van der Waals surface area contributed by atoms with Crippen molar-refractivity contribution in [2.75, 3.05) is 26.9 Å². The Morgan fingerprint density at radius 3 is 2.30 bits per heavy atom. The maximum absolute atomic E-state index is 6.02. The summed E-state index contributed by atoms with van der Waals surface area (Å²) < 4.78 is 18.5. The Morgan fingerprint density at radius 1 is 0.967 bits per heavy atom. The number of hydrogen-bond acceptors (Lipinski definition) is 5. The molecule has 162 valence electrons. The minimum Gasteiger partial charge on any atom is -0.493 e. The maximum Gasteiger partial charge on any atom is 0.133 e. The predicted octanol–water partition coefficient (Wildman–Crippen LogP) is 6.24. The van der Waals surface area contributed by atoms with E-state index in [1.54, 1.807) is 6.21 Å². The largest absolute Gasteiger partial charge is 0.493 e. The van der Waals surface area contributed by atoms with Gasteiger partial charge in [0.25, 0.3) is 0 Å². The van der Waals surface area contributed by atoms with Crippen molar-refractivity contribution in [1.29, 1.82) is 0 Å². The van der Waals surface area contributed by atoms with Crippen LogP contribution in [0.5, 0.6) is 17.2 Å². The van der Waals surface area contributed by atoms with Gasteiger partial charge in [-0.2, -0.15) is 0 Å². The lowest BCUT2D eigenvalue weighted by molar-refractivity contribution is 0.215. The fourth-order valence-electron chi connectivity index (χ4n) is 2.85. The van der Waals surface area contributed by atoms with Crippen LogP contribution < -0.4 is 14.2 Å². The van der Waals surface area contributed by atoms with Crippen LogP contribution in [0.25, 0.3) is 0 Å². The third kappa shape index (κ3) is 7.75. The molecule has 0 unspecified atom stereocenters. The Labute approximate surface area is 187 Å². The smallest absolute Gasteiger partial charge is 0.133 e. The van der Waals surface area contributed by atoms with Gasteiger partial charge in [-0.05, 0) is 96.6 Å². The Kier molecular flexibility index (Phi) is 10.3. The number of halogens is 1. The van der Waals surface area contributed by atoms with E-state index in [0.717, 1.165) is 51.3 Å². The predicted molar refractivity (Wildman–Crippen MR) is 125 cm³/mol. The maximum atomic E-state index is 6.02. The van der Waals surface area contributed by atoms with E-state index < -0.39 is 0 Å². The topological polar surface area (TPSA) is 49.3 Å². The van der Waals surface area contributed by atoms with Gasteiger partial charge in [-0.25, -0.2) is 0 Å². The summed E-state index contributed by atoms with van der Waals surface area (Å²) in [6.07, 6.45) is 7.43. The third-order valence-corrected chi connectivity index (χ3v) is 4.94. The number of unbranched alkanes of at least 4 members (excludes halogenated alkanes) is 1. The SMILES string of the molecule is C/C=C/COc1cc(C)c(OCCCCOc2ccc(C=NOC)cc2Br)c(C)c1. The van der Waals surface area contributed by atoms with Gasteiger partial charge >= 0.3 is 0 Å². The molecule has 0 spiro atoms. The molecule has 0 aliphatic carbocycles. The van der Waals surface area contributed by atoms with Gasteiger partial charge in [-0.15, -0.1) is 0 Å². The second-order valence-electron chi connectivity index (χ2n) is 6.78. The van der Waals surface area contributed by atoms with Crippen molar-refractivity contribution in [2.45, 2.75) is 33.6 Å². The fourth-order valence-corrected chi connectivity index (χ4v) is 3.36. The lowest BCUT2D eigenvalue weighted by atomic mass is 10.1. The molecule has 0 aliphatic heterocycles. The molecule has 0 bridgehead atoms. The van der Waals surface area contributed by atoms with Gasteiger partial charge in [-0.1, -0.05) is 17.3 Å². The van der Waals surface area contributed by atoms with E-state index >= 15 is 0 Å². The van der Waals surface area contributed by atoms with Crippen LogP contribution in [0.1, 0.15) is 36.5 Å². The minimum atomic E-state index is 0.579. The van der Waals surface area contributed by atoms with Crippen molar-refractivity contribution < 1.29 is 19.0 Å². The van der Waals surface area contributed by atoms with E-state index in [9.17, 15) is 0 Å². The lowest BCUT2D eigenvalue weighted by Crippen LogP contribution is -2.05. The molecular weight excluding hydrogens is 446 g/mol. The molecule has 6 heteroatoms. The molecule has 0 atom stereocenters. The van der Waals surface area contributed by atoms with Crippen LogP contribution in [0.3, 0.4) is 0 Å². The summed E-state index contributed by atoms with van der Waals surface area (Å²) >= 11 is 3.53. The molecule has 0 saturated carbocycles. The van der Waals surface area contributed by atoms with Gasteiger partial charge in [0.1, 0.15) is 31.0 Å².